The average molecular weight is 379 g/mol. The zero-order valence-corrected chi connectivity index (χ0v) is 15.6. The molecule has 0 radical (unpaired) electrons. The lowest BCUT2D eigenvalue weighted by Crippen LogP contribution is -2.52. The lowest BCUT2D eigenvalue weighted by Gasteiger charge is -2.34. The average Bonchev–Trinajstić information content (AvgIpc) is 3.21. The van der Waals surface area contributed by atoms with Crippen molar-refractivity contribution in [3.63, 3.8) is 0 Å². The number of rotatable bonds is 5. The molecule has 2 aliphatic rings. The largest absolute Gasteiger partial charge is 0.347 e. The second kappa shape index (κ2) is 8.18. The van der Waals surface area contributed by atoms with Gasteiger partial charge >= 0.3 is 0 Å². The Morgan fingerprint density at radius 1 is 1.00 bits per heavy atom. The Hall–Kier alpha value is -1.93. The van der Waals surface area contributed by atoms with Gasteiger partial charge in [0.25, 0.3) is 0 Å². The molecule has 1 aromatic carbocycles. The van der Waals surface area contributed by atoms with Gasteiger partial charge in [-0.3, -0.25) is 9.59 Å². The first kappa shape index (κ1) is 18.8. The number of nitrogens with zero attached hydrogens (tertiary/aromatic N) is 2. The van der Waals surface area contributed by atoms with E-state index in [1.54, 1.807) is 35.2 Å². The topological polar surface area (TPSA) is 86.8 Å². The van der Waals surface area contributed by atoms with Crippen LogP contribution in [-0.2, 0) is 19.6 Å². The van der Waals surface area contributed by atoms with Crippen LogP contribution in [0.2, 0.25) is 0 Å². The van der Waals surface area contributed by atoms with Gasteiger partial charge in [0.1, 0.15) is 0 Å². The summed E-state index contributed by atoms with van der Waals surface area (Å²) in [5, 5.41) is 2.73. The molecule has 1 heterocycles. The summed E-state index contributed by atoms with van der Waals surface area (Å²) in [6.07, 6.45) is 3.94. The normalized spacial score (nSPS) is 19.5. The van der Waals surface area contributed by atoms with E-state index >= 15 is 0 Å². The number of piperazine rings is 1. The number of sulfonamides is 1. The van der Waals surface area contributed by atoms with Gasteiger partial charge in [-0.25, -0.2) is 8.42 Å². The van der Waals surface area contributed by atoms with Crippen molar-refractivity contribution in [2.45, 2.75) is 30.6 Å². The molecule has 7 nitrogen and oxygen atoms in total. The van der Waals surface area contributed by atoms with Crippen LogP contribution in [0.4, 0.5) is 0 Å². The Morgan fingerprint density at radius 3 is 2.23 bits per heavy atom. The number of benzene rings is 1. The van der Waals surface area contributed by atoms with Gasteiger partial charge in [-0.05, 0) is 25.0 Å². The summed E-state index contributed by atoms with van der Waals surface area (Å²) in [7, 11) is -3.52. The second-order valence-electron chi connectivity index (χ2n) is 6.80. The van der Waals surface area contributed by atoms with Crippen molar-refractivity contribution in [2.24, 2.45) is 5.92 Å². The van der Waals surface area contributed by atoms with E-state index in [4.69, 9.17) is 0 Å². The Kier molecular flexibility index (Phi) is 5.93. The molecule has 1 saturated carbocycles. The predicted molar refractivity (Wildman–Crippen MR) is 96.7 cm³/mol. The molecule has 2 fully saturated rings. The first-order valence-corrected chi connectivity index (χ1v) is 10.5. The Bertz CT molecular complexity index is 737. The van der Waals surface area contributed by atoms with Crippen LogP contribution in [0.1, 0.15) is 25.7 Å². The summed E-state index contributed by atoms with van der Waals surface area (Å²) in [6, 6.07) is 8.31. The number of amides is 2. The summed E-state index contributed by atoms with van der Waals surface area (Å²) in [4.78, 5) is 26.2. The maximum Gasteiger partial charge on any atom is 0.243 e. The van der Waals surface area contributed by atoms with E-state index in [2.05, 4.69) is 5.32 Å². The van der Waals surface area contributed by atoms with Gasteiger partial charge in [0.2, 0.25) is 21.8 Å². The summed E-state index contributed by atoms with van der Waals surface area (Å²) < 4.78 is 26.6. The maximum atomic E-state index is 12.6. The molecule has 0 unspecified atom stereocenters. The van der Waals surface area contributed by atoms with Crippen molar-refractivity contribution in [3.8, 4) is 0 Å². The molecule has 0 atom stereocenters. The first-order valence-electron chi connectivity index (χ1n) is 9.09. The molecule has 142 valence electrons. The van der Waals surface area contributed by atoms with Crippen LogP contribution >= 0.6 is 0 Å². The van der Waals surface area contributed by atoms with Crippen LogP contribution in [0.25, 0.3) is 0 Å². The Labute approximate surface area is 154 Å². The fraction of sp³-hybridized carbons (Fsp3) is 0.556. The molecule has 1 aliphatic heterocycles. The molecule has 0 spiro atoms. The molecule has 3 rings (SSSR count). The predicted octanol–water partition coefficient (Wildman–Crippen LogP) is 0.826. The van der Waals surface area contributed by atoms with E-state index in [1.165, 1.54) is 4.31 Å². The summed E-state index contributed by atoms with van der Waals surface area (Å²) >= 11 is 0. The van der Waals surface area contributed by atoms with Crippen LogP contribution in [-0.4, -0.2) is 62.2 Å². The van der Waals surface area contributed by atoms with Gasteiger partial charge in [0, 0.05) is 32.1 Å². The highest BCUT2D eigenvalue weighted by atomic mass is 32.2. The van der Waals surface area contributed by atoms with Crippen molar-refractivity contribution in [1.82, 2.24) is 14.5 Å². The molecule has 1 saturated heterocycles. The van der Waals surface area contributed by atoms with Gasteiger partial charge in [-0.15, -0.1) is 0 Å². The van der Waals surface area contributed by atoms with Crippen molar-refractivity contribution in [1.29, 1.82) is 0 Å². The number of hydrogen-bond acceptors (Lipinski definition) is 4. The third-order valence-corrected chi connectivity index (χ3v) is 7.03. The van der Waals surface area contributed by atoms with Crippen molar-refractivity contribution in [2.75, 3.05) is 32.7 Å². The lowest BCUT2D eigenvalue weighted by atomic mass is 10.1. The van der Waals surface area contributed by atoms with Crippen LogP contribution in [0.3, 0.4) is 0 Å². The van der Waals surface area contributed by atoms with Gasteiger partial charge in [0.15, 0.2) is 0 Å². The molecular formula is C18H25N3O4S. The second-order valence-corrected chi connectivity index (χ2v) is 8.74. The molecule has 1 aliphatic carbocycles. The quantitative estimate of drug-likeness (QED) is 0.821. The van der Waals surface area contributed by atoms with E-state index in [9.17, 15) is 18.0 Å². The molecule has 0 bridgehead atoms. The van der Waals surface area contributed by atoms with Crippen molar-refractivity contribution < 1.29 is 18.0 Å². The number of hydrogen-bond donors (Lipinski definition) is 1. The molecule has 0 aromatic heterocycles. The Balaban J connectivity index is 1.48. The summed E-state index contributed by atoms with van der Waals surface area (Å²) in [5.74, 6) is -0.162. The van der Waals surface area contributed by atoms with E-state index in [1.807, 2.05) is 0 Å². The summed E-state index contributed by atoms with van der Waals surface area (Å²) in [5.41, 5.74) is 0. The van der Waals surface area contributed by atoms with Crippen LogP contribution in [0.5, 0.6) is 0 Å². The fourth-order valence-corrected chi connectivity index (χ4v) is 4.97. The molecule has 8 heteroatoms. The van der Waals surface area contributed by atoms with E-state index in [0.717, 1.165) is 25.7 Å². The van der Waals surface area contributed by atoms with Crippen LogP contribution in [0, 0.1) is 5.92 Å². The molecule has 2 amide bonds. The number of nitrogens with one attached hydrogen (secondary N) is 1. The van der Waals surface area contributed by atoms with Gasteiger partial charge in [-0.2, -0.15) is 4.31 Å². The first-order chi connectivity index (χ1) is 12.5. The minimum atomic E-state index is -3.52. The van der Waals surface area contributed by atoms with Gasteiger partial charge in [-0.1, -0.05) is 31.0 Å². The van der Waals surface area contributed by atoms with Gasteiger partial charge in [0.05, 0.1) is 11.4 Å². The van der Waals surface area contributed by atoms with Crippen LogP contribution < -0.4 is 5.32 Å². The fourth-order valence-electron chi connectivity index (χ4n) is 3.53. The lowest BCUT2D eigenvalue weighted by molar-refractivity contribution is -0.134. The molecular weight excluding hydrogens is 354 g/mol. The highest BCUT2D eigenvalue weighted by molar-refractivity contribution is 7.89. The van der Waals surface area contributed by atoms with E-state index in [0.29, 0.717) is 13.1 Å². The van der Waals surface area contributed by atoms with Gasteiger partial charge < -0.3 is 10.2 Å². The van der Waals surface area contributed by atoms with E-state index < -0.39 is 10.0 Å². The van der Waals surface area contributed by atoms with Crippen molar-refractivity contribution >= 4 is 21.8 Å². The Morgan fingerprint density at radius 2 is 1.62 bits per heavy atom. The number of carbonyl (C=O) groups excluding carboxylic acids is 2. The SMILES string of the molecule is O=C(NCC(=O)N1CCN(S(=O)(=O)c2ccccc2)CC1)C1CCCC1. The third kappa shape index (κ3) is 4.24. The minimum absolute atomic E-state index is 0.0131. The standard InChI is InChI=1S/C18H25N3O4S/c22-17(14-19-18(23)15-6-4-5-7-15)20-10-12-21(13-11-20)26(24,25)16-8-2-1-3-9-16/h1-3,8-9,15H,4-7,10-14H2,(H,19,23). The zero-order valence-electron chi connectivity index (χ0n) is 14.8. The highest BCUT2D eigenvalue weighted by Crippen LogP contribution is 2.24. The van der Waals surface area contributed by atoms with E-state index in [-0.39, 0.29) is 42.3 Å². The maximum absolute atomic E-state index is 12.6. The molecule has 1 N–H and O–H groups in total. The summed E-state index contributed by atoms with van der Waals surface area (Å²) in [6.45, 7) is 1.19. The van der Waals surface area contributed by atoms with Crippen molar-refractivity contribution in [3.05, 3.63) is 30.3 Å². The highest BCUT2D eigenvalue weighted by Gasteiger charge is 2.30. The smallest absolute Gasteiger partial charge is 0.243 e. The number of carbonyl (C=O) groups is 2. The zero-order chi connectivity index (χ0) is 18.6. The molecule has 26 heavy (non-hydrogen) atoms. The third-order valence-electron chi connectivity index (χ3n) is 5.11. The molecule has 1 aromatic rings. The monoisotopic (exact) mass is 379 g/mol. The minimum Gasteiger partial charge on any atom is -0.347 e. The van der Waals surface area contributed by atoms with Crippen LogP contribution in [0.15, 0.2) is 35.2 Å².